The number of rotatable bonds is 5. The summed E-state index contributed by atoms with van der Waals surface area (Å²) < 4.78 is 6.29. The van der Waals surface area contributed by atoms with Crippen LogP contribution in [0.1, 0.15) is 41.4 Å². The van der Waals surface area contributed by atoms with Crippen molar-refractivity contribution in [2.24, 2.45) is 0 Å². The van der Waals surface area contributed by atoms with E-state index >= 15 is 0 Å². The highest BCUT2D eigenvalue weighted by atomic mass is 16.5. The van der Waals surface area contributed by atoms with E-state index in [0.29, 0.717) is 38.1 Å². The van der Waals surface area contributed by atoms with Crippen LogP contribution in [-0.4, -0.2) is 39.2 Å². The molecule has 0 heterocycles. The third kappa shape index (κ3) is 3.80. The van der Waals surface area contributed by atoms with Crippen molar-refractivity contribution in [2.75, 3.05) is 0 Å². The molecular weight excluding hydrogens is 656 g/mol. The molecule has 8 nitrogen and oxygen atoms in total. The second-order valence-corrected chi connectivity index (χ2v) is 13.0. The fourth-order valence-electron chi connectivity index (χ4n) is 8.46. The Labute approximate surface area is 292 Å². The van der Waals surface area contributed by atoms with Crippen LogP contribution in [0.5, 0.6) is 5.75 Å². The summed E-state index contributed by atoms with van der Waals surface area (Å²) in [6.45, 7) is 0. The zero-order chi connectivity index (χ0) is 35.6. The molecule has 0 bridgehead atoms. The molecule has 10 aromatic rings. The number of fused-ring (bicyclic) bond motifs is 4. The van der Waals surface area contributed by atoms with E-state index < -0.39 is 23.9 Å². The Morgan fingerprint density at radius 1 is 0.346 bits per heavy atom. The lowest BCUT2D eigenvalue weighted by molar-refractivity contribution is 0.0684. The smallest absolute Gasteiger partial charge is 0.344 e. The van der Waals surface area contributed by atoms with Crippen molar-refractivity contribution in [3.05, 3.63) is 138 Å². The molecule has 10 rings (SSSR count). The quantitative estimate of drug-likeness (QED) is 0.0708. The molecule has 8 heteroatoms. The molecular formula is C44H22O8. The van der Waals surface area contributed by atoms with Crippen LogP contribution in [-0.2, 0) is 0 Å². The number of benzene rings is 10. The van der Waals surface area contributed by atoms with Crippen molar-refractivity contribution >= 4 is 110 Å². The summed E-state index contributed by atoms with van der Waals surface area (Å²) in [5.74, 6) is -4.21. The lowest BCUT2D eigenvalue weighted by Gasteiger charge is -2.19. The van der Waals surface area contributed by atoms with Gasteiger partial charge in [0, 0.05) is 21.5 Å². The normalized spacial score (nSPS) is 12.0. The van der Waals surface area contributed by atoms with Gasteiger partial charge in [0.1, 0.15) is 5.75 Å². The van der Waals surface area contributed by atoms with E-state index in [1.807, 2.05) is 36.4 Å². The van der Waals surface area contributed by atoms with Gasteiger partial charge in [-0.05, 0) is 95.0 Å². The van der Waals surface area contributed by atoms with Gasteiger partial charge in [0.25, 0.3) is 0 Å². The van der Waals surface area contributed by atoms with Crippen LogP contribution in [0.4, 0.5) is 0 Å². The number of carboxylic acids is 3. The summed E-state index contributed by atoms with van der Waals surface area (Å²) in [4.78, 5) is 51.8. The minimum Gasteiger partial charge on any atom is -0.478 e. The molecule has 52 heavy (non-hydrogen) atoms. The third-order valence-electron chi connectivity index (χ3n) is 10.5. The largest absolute Gasteiger partial charge is 0.478 e. The molecule has 0 spiro atoms. The third-order valence-corrected chi connectivity index (χ3v) is 10.5. The van der Waals surface area contributed by atoms with E-state index in [1.165, 1.54) is 24.3 Å². The van der Waals surface area contributed by atoms with Gasteiger partial charge < -0.3 is 20.1 Å². The fraction of sp³-hybridized carbons (Fsp3) is 0. The van der Waals surface area contributed by atoms with E-state index in [0.717, 1.165) is 43.1 Å². The number of carbonyl (C=O) groups excluding carboxylic acids is 1. The van der Waals surface area contributed by atoms with Crippen LogP contribution < -0.4 is 4.74 Å². The lowest BCUT2D eigenvalue weighted by atomic mass is 9.84. The molecule has 0 amide bonds. The molecule has 0 aliphatic carbocycles. The van der Waals surface area contributed by atoms with Gasteiger partial charge in [0.15, 0.2) is 0 Å². The Balaban J connectivity index is 1.26. The monoisotopic (exact) mass is 678 g/mol. The van der Waals surface area contributed by atoms with Gasteiger partial charge in [0.2, 0.25) is 0 Å². The van der Waals surface area contributed by atoms with Gasteiger partial charge in [-0.15, -0.1) is 0 Å². The first-order valence-corrected chi connectivity index (χ1v) is 16.4. The maximum absolute atomic E-state index is 14.5. The van der Waals surface area contributed by atoms with Gasteiger partial charge in [-0.25, -0.2) is 19.2 Å². The van der Waals surface area contributed by atoms with E-state index in [4.69, 9.17) is 4.74 Å². The number of ether oxygens (including phenoxy) is 1. The van der Waals surface area contributed by atoms with Crippen molar-refractivity contribution < 1.29 is 39.2 Å². The number of aromatic carboxylic acids is 3. The number of hydrogen-bond donors (Lipinski definition) is 3. The molecule has 0 saturated heterocycles. The van der Waals surface area contributed by atoms with Crippen LogP contribution in [0.25, 0.3) is 86.2 Å². The van der Waals surface area contributed by atoms with Gasteiger partial charge in [-0.3, -0.25) is 0 Å². The van der Waals surface area contributed by atoms with E-state index in [2.05, 4.69) is 24.3 Å². The van der Waals surface area contributed by atoms with Gasteiger partial charge in [-0.2, -0.15) is 0 Å². The number of esters is 1. The Morgan fingerprint density at radius 3 is 1.25 bits per heavy atom. The van der Waals surface area contributed by atoms with Crippen molar-refractivity contribution in [1.82, 2.24) is 0 Å². The van der Waals surface area contributed by atoms with E-state index in [-0.39, 0.29) is 33.0 Å². The van der Waals surface area contributed by atoms with Crippen LogP contribution in [0, 0.1) is 0 Å². The summed E-state index contributed by atoms with van der Waals surface area (Å²) in [7, 11) is 0. The number of carboxylic acid groups (broad SMARTS) is 3. The van der Waals surface area contributed by atoms with Crippen LogP contribution in [0.3, 0.4) is 0 Å². The standard InChI is InChI=1S/C44H22O8/c45-41(46)29-15-11-24-26-13-17-31(43(49)50)39-32(18-14-27(37(26)39)25-12-16-30(42(47)48)38(29)36(24)25)44(51)52-33-19-10-21-6-2-8-23-22-7-1-4-20-5-3-9-28(34(20)22)40(33)35(21)23/h1-19H,(H,45,46)(H,47,48)(H,49,50). The highest BCUT2D eigenvalue weighted by molar-refractivity contribution is 6.38. The Kier molecular flexibility index (Phi) is 5.89. The fourth-order valence-corrected chi connectivity index (χ4v) is 8.46. The van der Waals surface area contributed by atoms with Gasteiger partial charge in [0.05, 0.1) is 22.3 Å². The van der Waals surface area contributed by atoms with Crippen LogP contribution in [0.2, 0.25) is 0 Å². The SMILES string of the molecule is O=C(O)c1ccc2c3ccc(C(=O)O)c4c(C(=O)Oc5ccc6cccc7c8cccc9cccc(c5c67)c98)ccc(c5ccc(C(=O)O)c1c25)c43. The molecule has 10 aromatic carbocycles. The summed E-state index contributed by atoms with van der Waals surface area (Å²) in [6.07, 6.45) is 0. The Hall–Kier alpha value is -7.32. The molecule has 0 fully saturated rings. The molecule has 0 aliphatic rings. The number of carbonyl (C=O) groups is 4. The Bertz CT molecular complexity index is 3190. The Morgan fingerprint density at radius 2 is 0.750 bits per heavy atom. The average Bonchev–Trinajstić information content (AvgIpc) is 3.15. The first-order valence-electron chi connectivity index (χ1n) is 16.4. The summed E-state index contributed by atoms with van der Waals surface area (Å²) >= 11 is 0. The van der Waals surface area contributed by atoms with Crippen molar-refractivity contribution in [3.63, 3.8) is 0 Å². The summed E-state index contributed by atoms with van der Waals surface area (Å²) in [6, 6.07) is 34.1. The first kappa shape index (κ1) is 29.6. The van der Waals surface area contributed by atoms with Crippen LogP contribution >= 0.6 is 0 Å². The zero-order valence-corrected chi connectivity index (χ0v) is 26.9. The van der Waals surface area contributed by atoms with E-state index in [9.17, 15) is 34.5 Å². The predicted molar refractivity (Wildman–Crippen MR) is 201 cm³/mol. The topological polar surface area (TPSA) is 138 Å². The molecule has 0 unspecified atom stereocenters. The van der Waals surface area contributed by atoms with Gasteiger partial charge in [-0.1, -0.05) is 84.9 Å². The molecule has 0 atom stereocenters. The van der Waals surface area contributed by atoms with E-state index in [1.54, 1.807) is 30.3 Å². The molecule has 0 aromatic heterocycles. The molecule has 0 aliphatic heterocycles. The average molecular weight is 679 g/mol. The second-order valence-electron chi connectivity index (χ2n) is 13.0. The minimum atomic E-state index is -1.28. The molecule has 0 radical (unpaired) electrons. The summed E-state index contributed by atoms with van der Waals surface area (Å²) in [5.41, 5.74) is -0.406. The molecule has 246 valence electrons. The minimum absolute atomic E-state index is 0.0389. The first-order chi connectivity index (χ1) is 25.2. The highest BCUT2D eigenvalue weighted by Crippen LogP contribution is 2.46. The van der Waals surface area contributed by atoms with Crippen molar-refractivity contribution in [1.29, 1.82) is 0 Å². The van der Waals surface area contributed by atoms with Crippen molar-refractivity contribution in [2.45, 2.75) is 0 Å². The predicted octanol–water partition coefficient (Wildman–Crippen LogP) is 10.1. The van der Waals surface area contributed by atoms with Gasteiger partial charge >= 0.3 is 23.9 Å². The highest BCUT2D eigenvalue weighted by Gasteiger charge is 2.27. The number of hydrogen-bond acceptors (Lipinski definition) is 5. The maximum Gasteiger partial charge on any atom is 0.344 e. The van der Waals surface area contributed by atoms with Crippen LogP contribution in [0.15, 0.2) is 115 Å². The summed E-state index contributed by atoms with van der Waals surface area (Å²) in [5, 5.41) is 41.6. The molecule has 3 N–H and O–H groups in total. The van der Waals surface area contributed by atoms with Crippen molar-refractivity contribution in [3.8, 4) is 5.75 Å². The maximum atomic E-state index is 14.5. The zero-order valence-electron chi connectivity index (χ0n) is 26.9. The molecule has 0 saturated carbocycles. The lowest BCUT2D eigenvalue weighted by Crippen LogP contribution is -2.12. The second kappa shape index (κ2) is 10.3.